The number of aryl methyl sites for hydroxylation is 2. The van der Waals surface area contributed by atoms with Gasteiger partial charge >= 0.3 is 11.7 Å². The number of aromatic nitrogens is 2. The molecule has 5 nitrogen and oxygen atoms in total. The van der Waals surface area contributed by atoms with Crippen LogP contribution in [0, 0.1) is 20.8 Å². The maximum atomic E-state index is 12.2. The van der Waals surface area contributed by atoms with Crippen LogP contribution in [0.1, 0.15) is 22.5 Å². The zero-order valence-electron chi connectivity index (χ0n) is 12.0. The van der Waals surface area contributed by atoms with Crippen LogP contribution in [0.4, 0.5) is 0 Å². The molecule has 0 aliphatic rings. The van der Waals surface area contributed by atoms with Crippen LogP contribution in [0.2, 0.25) is 5.02 Å². The number of nitrogens with zero attached hydrogens (tertiary/aromatic N) is 2. The van der Waals surface area contributed by atoms with E-state index in [9.17, 15) is 9.59 Å². The first-order valence-corrected chi connectivity index (χ1v) is 6.77. The third-order valence-electron chi connectivity index (χ3n) is 3.40. The fraction of sp³-hybridized carbons (Fsp3) is 0.267. The molecule has 1 aromatic heterocycles. The van der Waals surface area contributed by atoms with Gasteiger partial charge in [0.2, 0.25) is 0 Å². The van der Waals surface area contributed by atoms with Crippen LogP contribution in [0.3, 0.4) is 0 Å². The van der Waals surface area contributed by atoms with Gasteiger partial charge in [0.25, 0.3) is 0 Å². The molecule has 0 aliphatic heterocycles. The number of carboxylic acids is 1. The molecule has 0 fully saturated rings. The van der Waals surface area contributed by atoms with Crippen molar-refractivity contribution in [2.45, 2.75) is 27.2 Å². The van der Waals surface area contributed by atoms with Crippen molar-refractivity contribution in [1.29, 1.82) is 0 Å². The van der Waals surface area contributed by atoms with Crippen LogP contribution in [0.15, 0.2) is 23.0 Å². The Morgan fingerprint density at radius 1 is 1.33 bits per heavy atom. The number of halogens is 1. The second kappa shape index (κ2) is 5.69. The Kier molecular flexibility index (Phi) is 4.14. The van der Waals surface area contributed by atoms with E-state index in [-0.39, 0.29) is 6.42 Å². The summed E-state index contributed by atoms with van der Waals surface area (Å²) in [6.07, 6.45) is -0.186. The standard InChI is InChI=1S/C15H15ClN2O3/c1-8-5-4-6-12(16)14(8)18-10(3)11(7-13(19)20)9(2)17-15(18)21/h4-6H,7H2,1-3H3,(H,19,20). The molecule has 0 aliphatic carbocycles. The largest absolute Gasteiger partial charge is 0.481 e. The Morgan fingerprint density at radius 3 is 2.57 bits per heavy atom. The highest BCUT2D eigenvalue weighted by Gasteiger charge is 2.17. The lowest BCUT2D eigenvalue weighted by molar-refractivity contribution is -0.136. The van der Waals surface area contributed by atoms with E-state index in [4.69, 9.17) is 16.7 Å². The van der Waals surface area contributed by atoms with Gasteiger partial charge in [-0.1, -0.05) is 23.7 Å². The summed E-state index contributed by atoms with van der Waals surface area (Å²) < 4.78 is 1.38. The molecule has 0 unspecified atom stereocenters. The highest BCUT2D eigenvalue weighted by atomic mass is 35.5. The van der Waals surface area contributed by atoms with Crippen molar-refractivity contribution in [3.63, 3.8) is 0 Å². The van der Waals surface area contributed by atoms with Gasteiger partial charge < -0.3 is 5.11 Å². The van der Waals surface area contributed by atoms with Crippen molar-refractivity contribution < 1.29 is 9.90 Å². The number of rotatable bonds is 3. The lowest BCUT2D eigenvalue weighted by Gasteiger charge is -2.17. The van der Waals surface area contributed by atoms with Crippen LogP contribution >= 0.6 is 11.6 Å². The van der Waals surface area contributed by atoms with Crippen molar-refractivity contribution in [1.82, 2.24) is 9.55 Å². The predicted molar refractivity (Wildman–Crippen MR) is 80.4 cm³/mol. The molecule has 0 radical (unpaired) electrons. The smallest absolute Gasteiger partial charge is 0.352 e. The minimum absolute atomic E-state index is 0.186. The average Bonchev–Trinajstić information content (AvgIpc) is 2.37. The van der Waals surface area contributed by atoms with Crippen LogP contribution in [-0.4, -0.2) is 20.6 Å². The fourth-order valence-electron chi connectivity index (χ4n) is 2.38. The maximum Gasteiger partial charge on any atom is 0.352 e. The van der Waals surface area contributed by atoms with Gasteiger partial charge in [-0.2, -0.15) is 4.98 Å². The molecule has 110 valence electrons. The van der Waals surface area contributed by atoms with Crippen LogP contribution in [0.25, 0.3) is 5.69 Å². The van der Waals surface area contributed by atoms with Crippen LogP contribution in [-0.2, 0) is 11.2 Å². The molecule has 1 aromatic carbocycles. The van der Waals surface area contributed by atoms with E-state index >= 15 is 0 Å². The van der Waals surface area contributed by atoms with Gasteiger partial charge in [0.1, 0.15) is 0 Å². The zero-order chi connectivity index (χ0) is 15.7. The van der Waals surface area contributed by atoms with Gasteiger partial charge in [0, 0.05) is 17.0 Å². The lowest BCUT2D eigenvalue weighted by atomic mass is 10.1. The number of carboxylic acid groups (broad SMARTS) is 1. The summed E-state index contributed by atoms with van der Waals surface area (Å²) >= 11 is 6.20. The van der Waals surface area contributed by atoms with Crippen LogP contribution in [0.5, 0.6) is 0 Å². The number of carbonyl (C=O) groups is 1. The summed E-state index contributed by atoms with van der Waals surface area (Å²) in [6.45, 7) is 5.18. The number of hydrogen-bond donors (Lipinski definition) is 1. The normalized spacial score (nSPS) is 10.7. The molecule has 2 rings (SSSR count). The SMILES string of the molecule is Cc1cccc(Cl)c1-n1c(C)c(CC(=O)O)c(C)nc1=O. The van der Waals surface area contributed by atoms with Crippen molar-refractivity contribution in [2.24, 2.45) is 0 Å². The first-order chi connectivity index (χ1) is 9.82. The lowest BCUT2D eigenvalue weighted by Crippen LogP contribution is -2.28. The van der Waals surface area contributed by atoms with E-state index in [2.05, 4.69) is 4.98 Å². The zero-order valence-corrected chi connectivity index (χ0v) is 12.7. The Labute approximate surface area is 126 Å². The highest BCUT2D eigenvalue weighted by Crippen LogP contribution is 2.25. The molecular formula is C15H15ClN2O3. The molecule has 0 atom stereocenters. The van der Waals surface area contributed by atoms with Gasteiger partial charge in [0.15, 0.2) is 0 Å². The first-order valence-electron chi connectivity index (χ1n) is 6.39. The fourth-order valence-corrected chi connectivity index (χ4v) is 2.68. The van der Waals surface area contributed by atoms with Gasteiger partial charge in [-0.05, 0) is 32.4 Å². The molecule has 0 saturated heterocycles. The van der Waals surface area contributed by atoms with Crippen molar-refractivity contribution >= 4 is 17.6 Å². The van der Waals surface area contributed by atoms with E-state index in [1.807, 2.05) is 13.0 Å². The van der Waals surface area contributed by atoms with E-state index in [0.717, 1.165) is 5.56 Å². The second-order valence-electron chi connectivity index (χ2n) is 4.86. The van der Waals surface area contributed by atoms with Gasteiger partial charge in [0.05, 0.1) is 17.1 Å². The Bertz CT molecular complexity index is 761. The number of benzene rings is 1. The molecule has 1 heterocycles. The summed E-state index contributed by atoms with van der Waals surface area (Å²) in [5, 5.41) is 9.44. The second-order valence-corrected chi connectivity index (χ2v) is 5.26. The summed E-state index contributed by atoms with van der Waals surface area (Å²) in [5.41, 5.74) is 2.41. The third-order valence-corrected chi connectivity index (χ3v) is 3.71. The number of hydrogen-bond acceptors (Lipinski definition) is 3. The predicted octanol–water partition coefficient (Wildman–Crippen LogP) is 2.44. The number of para-hydroxylation sites is 1. The molecule has 1 N–H and O–H groups in total. The van der Waals surface area contributed by atoms with E-state index in [0.29, 0.717) is 27.7 Å². The molecular weight excluding hydrogens is 292 g/mol. The number of aliphatic carboxylic acids is 1. The molecule has 21 heavy (non-hydrogen) atoms. The van der Waals surface area contributed by atoms with E-state index in [1.54, 1.807) is 26.0 Å². The van der Waals surface area contributed by atoms with E-state index < -0.39 is 11.7 Å². The highest BCUT2D eigenvalue weighted by molar-refractivity contribution is 6.32. The summed E-state index contributed by atoms with van der Waals surface area (Å²) in [4.78, 5) is 27.2. The van der Waals surface area contributed by atoms with E-state index in [1.165, 1.54) is 4.57 Å². The summed E-state index contributed by atoms with van der Waals surface area (Å²) in [7, 11) is 0. The van der Waals surface area contributed by atoms with Gasteiger partial charge in [-0.3, -0.25) is 9.36 Å². The minimum atomic E-state index is -0.968. The first kappa shape index (κ1) is 15.3. The van der Waals surface area contributed by atoms with Crippen LogP contribution < -0.4 is 5.69 Å². The molecule has 0 saturated carbocycles. The minimum Gasteiger partial charge on any atom is -0.481 e. The molecule has 2 aromatic rings. The van der Waals surface area contributed by atoms with Gasteiger partial charge in [-0.25, -0.2) is 4.79 Å². The molecule has 0 amide bonds. The van der Waals surface area contributed by atoms with Gasteiger partial charge in [-0.15, -0.1) is 0 Å². The molecule has 6 heteroatoms. The Morgan fingerprint density at radius 2 is 2.00 bits per heavy atom. The van der Waals surface area contributed by atoms with Crippen molar-refractivity contribution in [3.05, 3.63) is 56.2 Å². The topological polar surface area (TPSA) is 72.2 Å². The van der Waals surface area contributed by atoms with Crippen molar-refractivity contribution in [2.75, 3.05) is 0 Å². The quantitative estimate of drug-likeness (QED) is 0.945. The molecule has 0 spiro atoms. The van der Waals surface area contributed by atoms with Crippen molar-refractivity contribution in [3.8, 4) is 5.69 Å². The maximum absolute atomic E-state index is 12.2. The summed E-state index contributed by atoms with van der Waals surface area (Å²) in [6, 6.07) is 5.32. The average molecular weight is 307 g/mol. The molecule has 0 bridgehead atoms. The summed E-state index contributed by atoms with van der Waals surface area (Å²) in [5.74, 6) is -0.968. The Balaban J connectivity index is 2.81. The Hall–Kier alpha value is -2.14. The monoisotopic (exact) mass is 306 g/mol. The third kappa shape index (κ3) is 2.83.